The van der Waals surface area contributed by atoms with Crippen molar-refractivity contribution >= 4 is 0 Å². The number of alkyl halides is 3. The second-order valence-corrected chi connectivity index (χ2v) is 4.15. The van der Waals surface area contributed by atoms with Gasteiger partial charge in [0.25, 0.3) is 0 Å². The molecule has 9 heteroatoms. The number of hydrogen-bond donors (Lipinski definition) is 1. The lowest BCUT2D eigenvalue weighted by atomic mass is 10.0. The number of hydrogen-bond acceptors (Lipinski definition) is 4. The number of halogens is 4. The van der Waals surface area contributed by atoms with Crippen LogP contribution in [0.4, 0.5) is 17.6 Å². The second-order valence-electron chi connectivity index (χ2n) is 4.15. The summed E-state index contributed by atoms with van der Waals surface area (Å²) in [7, 11) is 1.49. The summed E-state index contributed by atoms with van der Waals surface area (Å²) in [5.74, 6) is -0.814. The van der Waals surface area contributed by atoms with Crippen LogP contribution in [0.15, 0.2) is 18.2 Å². The first-order valence-electron chi connectivity index (χ1n) is 5.55. The van der Waals surface area contributed by atoms with E-state index in [9.17, 15) is 22.7 Å². The molecule has 108 valence electrons. The van der Waals surface area contributed by atoms with Gasteiger partial charge in [-0.2, -0.15) is 18.0 Å². The quantitative estimate of drug-likeness (QED) is 0.873. The molecule has 5 nitrogen and oxygen atoms in total. The van der Waals surface area contributed by atoms with Gasteiger partial charge in [0.15, 0.2) is 5.82 Å². The maximum absolute atomic E-state index is 13.5. The molecule has 2 aromatic rings. The van der Waals surface area contributed by atoms with Crippen molar-refractivity contribution in [2.24, 2.45) is 7.05 Å². The van der Waals surface area contributed by atoms with E-state index in [0.717, 1.165) is 4.80 Å². The molecular formula is C11H10F4N4O. The average Bonchev–Trinajstić information content (AvgIpc) is 2.73. The maximum atomic E-state index is 13.5. The monoisotopic (exact) mass is 290 g/mol. The number of tetrazole rings is 1. The van der Waals surface area contributed by atoms with Gasteiger partial charge in [-0.25, -0.2) is 4.39 Å². The van der Waals surface area contributed by atoms with Crippen molar-refractivity contribution in [3.05, 3.63) is 41.0 Å². The lowest BCUT2D eigenvalue weighted by molar-refractivity contribution is -0.137. The van der Waals surface area contributed by atoms with E-state index < -0.39 is 29.2 Å². The third-order valence-corrected chi connectivity index (χ3v) is 2.61. The summed E-state index contributed by atoms with van der Waals surface area (Å²) >= 11 is 0. The highest BCUT2D eigenvalue weighted by molar-refractivity contribution is 5.29. The Labute approximate surface area is 110 Å². The van der Waals surface area contributed by atoms with Crippen LogP contribution in [0.1, 0.15) is 23.1 Å². The highest BCUT2D eigenvalue weighted by Gasteiger charge is 2.32. The van der Waals surface area contributed by atoms with Crippen molar-refractivity contribution in [1.29, 1.82) is 0 Å². The number of aromatic nitrogens is 4. The Morgan fingerprint density at radius 3 is 2.60 bits per heavy atom. The molecular weight excluding hydrogens is 280 g/mol. The van der Waals surface area contributed by atoms with Crippen LogP contribution in [0.2, 0.25) is 0 Å². The SMILES string of the molecule is Cn1nnc(CC(O)c2cc(C(F)(F)F)ccc2F)n1. The Balaban J connectivity index is 2.27. The number of aliphatic hydroxyl groups is 1. The number of aliphatic hydroxyl groups excluding tert-OH is 1. The van der Waals surface area contributed by atoms with Gasteiger partial charge >= 0.3 is 6.18 Å². The third kappa shape index (κ3) is 3.10. The van der Waals surface area contributed by atoms with Gasteiger partial charge in [-0.15, -0.1) is 10.2 Å². The minimum atomic E-state index is -4.60. The molecule has 0 aliphatic rings. The largest absolute Gasteiger partial charge is 0.416 e. The van der Waals surface area contributed by atoms with E-state index in [2.05, 4.69) is 15.4 Å². The van der Waals surface area contributed by atoms with Crippen molar-refractivity contribution in [3.8, 4) is 0 Å². The average molecular weight is 290 g/mol. The van der Waals surface area contributed by atoms with E-state index in [0.29, 0.717) is 18.2 Å². The Kier molecular flexibility index (Phi) is 3.71. The smallest absolute Gasteiger partial charge is 0.388 e. The molecule has 1 atom stereocenters. The fraction of sp³-hybridized carbons (Fsp3) is 0.364. The van der Waals surface area contributed by atoms with Crippen LogP contribution in [0.3, 0.4) is 0 Å². The highest BCUT2D eigenvalue weighted by atomic mass is 19.4. The van der Waals surface area contributed by atoms with Crippen LogP contribution < -0.4 is 0 Å². The first-order chi connectivity index (χ1) is 9.27. The van der Waals surface area contributed by atoms with Crippen LogP contribution in [-0.2, 0) is 19.6 Å². The standard InChI is InChI=1S/C11H10F4N4O/c1-19-17-10(16-18-19)5-9(20)7-4-6(11(13,14)15)2-3-8(7)12/h2-4,9,20H,5H2,1H3. The lowest BCUT2D eigenvalue weighted by Crippen LogP contribution is -2.10. The Morgan fingerprint density at radius 1 is 1.35 bits per heavy atom. The zero-order valence-electron chi connectivity index (χ0n) is 10.3. The third-order valence-electron chi connectivity index (χ3n) is 2.61. The molecule has 2 rings (SSSR count). The van der Waals surface area contributed by atoms with Gasteiger partial charge in [-0.05, 0) is 23.4 Å². The molecule has 1 aromatic heterocycles. The molecule has 1 heterocycles. The van der Waals surface area contributed by atoms with Gasteiger partial charge in [0, 0.05) is 12.0 Å². The molecule has 1 N–H and O–H groups in total. The van der Waals surface area contributed by atoms with Crippen LogP contribution >= 0.6 is 0 Å². The first kappa shape index (κ1) is 14.4. The Morgan fingerprint density at radius 2 is 2.05 bits per heavy atom. The fourth-order valence-electron chi connectivity index (χ4n) is 1.66. The van der Waals surface area contributed by atoms with E-state index in [1.54, 1.807) is 0 Å². The van der Waals surface area contributed by atoms with Gasteiger partial charge in [-0.1, -0.05) is 0 Å². The minimum absolute atomic E-state index is 0.108. The molecule has 0 amide bonds. The molecule has 1 unspecified atom stereocenters. The predicted molar refractivity (Wildman–Crippen MR) is 58.9 cm³/mol. The Hall–Kier alpha value is -2.03. The van der Waals surface area contributed by atoms with E-state index in [1.165, 1.54) is 7.05 Å². The molecule has 0 spiro atoms. The number of aryl methyl sites for hydroxylation is 1. The molecule has 0 aliphatic heterocycles. The fourth-order valence-corrected chi connectivity index (χ4v) is 1.66. The van der Waals surface area contributed by atoms with E-state index >= 15 is 0 Å². The zero-order valence-corrected chi connectivity index (χ0v) is 10.3. The molecule has 0 bridgehead atoms. The normalized spacial score (nSPS) is 13.5. The van der Waals surface area contributed by atoms with Gasteiger partial charge < -0.3 is 5.11 Å². The van der Waals surface area contributed by atoms with Crippen LogP contribution in [-0.4, -0.2) is 25.3 Å². The van der Waals surface area contributed by atoms with Crippen molar-refractivity contribution in [2.75, 3.05) is 0 Å². The second kappa shape index (κ2) is 5.16. The van der Waals surface area contributed by atoms with Crippen molar-refractivity contribution < 1.29 is 22.7 Å². The molecule has 0 saturated heterocycles. The van der Waals surface area contributed by atoms with Crippen LogP contribution in [0.25, 0.3) is 0 Å². The topological polar surface area (TPSA) is 63.8 Å². The summed E-state index contributed by atoms with van der Waals surface area (Å²) in [4.78, 5) is 1.13. The summed E-state index contributed by atoms with van der Waals surface area (Å²) in [5, 5.41) is 20.7. The summed E-state index contributed by atoms with van der Waals surface area (Å²) in [6.07, 6.45) is -6.32. The molecule has 0 saturated carbocycles. The predicted octanol–water partition coefficient (Wildman–Crippen LogP) is 1.64. The Bertz CT molecular complexity index is 611. The zero-order chi connectivity index (χ0) is 14.9. The first-order valence-corrected chi connectivity index (χ1v) is 5.55. The summed E-state index contributed by atoms with van der Waals surface area (Å²) in [6, 6.07) is 1.87. The van der Waals surface area contributed by atoms with E-state index in [1.807, 2.05) is 0 Å². The van der Waals surface area contributed by atoms with Gasteiger partial charge in [-0.3, -0.25) is 0 Å². The molecule has 0 radical (unpaired) electrons. The maximum Gasteiger partial charge on any atom is 0.416 e. The summed E-state index contributed by atoms with van der Waals surface area (Å²) in [6.45, 7) is 0. The molecule has 1 aromatic carbocycles. The number of rotatable bonds is 3. The molecule has 20 heavy (non-hydrogen) atoms. The minimum Gasteiger partial charge on any atom is -0.388 e. The van der Waals surface area contributed by atoms with Gasteiger partial charge in [0.2, 0.25) is 0 Å². The van der Waals surface area contributed by atoms with Crippen molar-refractivity contribution in [1.82, 2.24) is 20.2 Å². The molecule has 0 fully saturated rings. The summed E-state index contributed by atoms with van der Waals surface area (Å²) in [5.41, 5.74) is -1.48. The van der Waals surface area contributed by atoms with Crippen LogP contribution in [0.5, 0.6) is 0 Å². The highest BCUT2D eigenvalue weighted by Crippen LogP contribution is 2.32. The van der Waals surface area contributed by atoms with Crippen molar-refractivity contribution in [3.63, 3.8) is 0 Å². The number of benzene rings is 1. The van der Waals surface area contributed by atoms with Crippen LogP contribution in [0, 0.1) is 5.82 Å². The summed E-state index contributed by atoms with van der Waals surface area (Å²) < 4.78 is 51.2. The van der Waals surface area contributed by atoms with Crippen molar-refractivity contribution in [2.45, 2.75) is 18.7 Å². The van der Waals surface area contributed by atoms with E-state index in [4.69, 9.17) is 0 Å². The number of nitrogens with zero attached hydrogens (tertiary/aromatic N) is 4. The lowest BCUT2D eigenvalue weighted by Gasteiger charge is -2.13. The van der Waals surface area contributed by atoms with E-state index in [-0.39, 0.29) is 12.2 Å². The molecule has 0 aliphatic carbocycles. The van der Waals surface area contributed by atoms with Gasteiger partial charge in [0.1, 0.15) is 5.82 Å². The van der Waals surface area contributed by atoms with Gasteiger partial charge in [0.05, 0.1) is 18.7 Å².